The van der Waals surface area contributed by atoms with Gasteiger partial charge in [-0.1, -0.05) is 30.7 Å². The molecular weight excluding hydrogens is 401 g/mol. The van der Waals surface area contributed by atoms with E-state index in [-0.39, 0.29) is 5.91 Å². The van der Waals surface area contributed by atoms with Gasteiger partial charge in [-0.2, -0.15) is 0 Å². The molecule has 1 atom stereocenters. The number of rotatable bonds is 5. The lowest BCUT2D eigenvalue weighted by molar-refractivity contribution is -0.122. The number of hydrogen-bond acceptors (Lipinski definition) is 2. The highest BCUT2D eigenvalue weighted by atomic mass is 127. The summed E-state index contributed by atoms with van der Waals surface area (Å²) < 4.78 is 6.82. The number of anilines is 1. The summed E-state index contributed by atoms with van der Waals surface area (Å²) in [6.45, 7) is 1.90. The lowest BCUT2D eigenvalue weighted by Gasteiger charge is -2.18. The molecule has 3 nitrogen and oxygen atoms in total. The van der Waals surface area contributed by atoms with Gasteiger partial charge in [0.25, 0.3) is 5.91 Å². The summed E-state index contributed by atoms with van der Waals surface area (Å²) in [4.78, 5) is 12.3. The average molecular weight is 416 g/mol. The summed E-state index contributed by atoms with van der Waals surface area (Å²) >= 11 is 8.27. The molecule has 0 bridgehead atoms. The molecule has 0 heterocycles. The van der Waals surface area contributed by atoms with Crippen molar-refractivity contribution in [2.24, 2.45) is 0 Å². The van der Waals surface area contributed by atoms with Crippen LogP contribution in [0.15, 0.2) is 48.5 Å². The van der Waals surface area contributed by atoms with Crippen molar-refractivity contribution in [3.05, 3.63) is 57.1 Å². The Hall–Kier alpha value is -1.27. The van der Waals surface area contributed by atoms with Crippen molar-refractivity contribution in [2.75, 3.05) is 5.32 Å². The molecule has 0 aliphatic carbocycles. The average Bonchev–Trinajstić information content (AvgIpc) is 2.48. The van der Waals surface area contributed by atoms with E-state index in [4.69, 9.17) is 16.3 Å². The maximum Gasteiger partial charge on any atom is 0.265 e. The van der Waals surface area contributed by atoms with Crippen LogP contribution >= 0.6 is 34.2 Å². The van der Waals surface area contributed by atoms with Crippen LogP contribution in [0.2, 0.25) is 5.02 Å². The Bertz CT molecular complexity index is 616. The van der Waals surface area contributed by atoms with Gasteiger partial charge in [0, 0.05) is 9.26 Å². The zero-order valence-electron chi connectivity index (χ0n) is 11.5. The van der Waals surface area contributed by atoms with E-state index in [1.807, 2.05) is 43.3 Å². The number of para-hydroxylation sites is 1. The first kappa shape index (κ1) is 16.1. The molecule has 0 unspecified atom stereocenters. The molecule has 0 aliphatic heterocycles. The van der Waals surface area contributed by atoms with E-state index in [2.05, 4.69) is 27.9 Å². The number of carbonyl (C=O) groups excluding carboxylic acids is 1. The van der Waals surface area contributed by atoms with Crippen molar-refractivity contribution in [3.8, 4) is 5.75 Å². The molecule has 1 N–H and O–H groups in total. The normalized spacial score (nSPS) is 11.8. The van der Waals surface area contributed by atoms with Crippen molar-refractivity contribution in [2.45, 2.75) is 19.4 Å². The summed E-state index contributed by atoms with van der Waals surface area (Å²) in [7, 11) is 0. The monoisotopic (exact) mass is 415 g/mol. The predicted octanol–water partition coefficient (Wildman–Crippen LogP) is 4.74. The Balaban J connectivity index is 2.05. The van der Waals surface area contributed by atoms with Crippen LogP contribution in [0.3, 0.4) is 0 Å². The van der Waals surface area contributed by atoms with Crippen LogP contribution in [0.25, 0.3) is 0 Å². The van der Waals surface area contributed by atoms with E-state index < -0.39 is 6.10 Å². The minimum Gasteiger partial charge on any atom is -0.479 e. The highest BCUT2D eigenvalue weighted by Gasteiger charge is 2.19. The molecule has 110 valence electrons. The van der Waals surface area contributed by atoms with Gasteiger partial charge in [-0.25, -0.2) is 0 Å². The minimum atomic E-state index is -0.579. The molecule has 0 radical (unpaired) electrons. The molecule has 5 heteroatoms. The van der Waals surface area contributed by atoms with Crippen LogP contribution in [0.5, 0.6) is 5.75 Å². The lowest BCUT2D eigenvalue weighted by Crippen LogP contribution is -2.32. The highest BCUT2D eigenvalue weighted by molar-refractivity contribution is 14.1. The van der Waals surface area contributed by atoms with Crippen molar-refractivity contribution < 1.29 is 9.53 Å². The second-order valence-electron chi connectivity index (χ2n) is 4.44. The lowest BCUT2D eigenvalue weighted by atomic mass is 10.2. The maximum absolute atomic E-state index is 12.3. The van der Waals surface area contributed by atoms with E-state index in [9.17, 15) is 4.79 Å². The third kappa shape index (κ3) is 4.61. The molecule has 2 rings (SSSR count). The Morgan fingerprint density at radius 1 is 1.24 bits per heavy atom. The number of ether oxygens (including phenoxy) is 1. The second-order valence-corrected chi connectivity index (χ2v) is 6.09. The molecule has 0 saturated heterocycles. The Labute approximate surface area is 142 Å². The molecular formula is C16H15ClINO2. The van der Waals surface area contributed by atoms with Gasteiger partial charge in [-0.15, -0.1) is 0 Å². The van der Waals surface area contributed by atoms with E-state index in [1.165, 1.54) is 0 Å². The topological polar surface area (TPSA) is 38.3 Å². The maximum atomic E-state index is 12.3. The fourth-order valence-electron chi connectivity index (χ4n) is 1.77. The molecule has 0 saturated carbocycles. The molecule has 0 aliphatic rings. The molecule has 0 aromatic heterocycles. The van der Waals surface area contributed by atoms with Crippen LogP contribution in [0.4, 0.5) is 5.69 Å². The molecule has 0 spiro atoms. The first-order valence-corrected chi connectivity index (χ1v) is 8.03. The molecule has 2 aromatic carbocycles. The van der Waals surface area contributed by atoms with Crippen LogP contribution in [0, 0.1) is 3.57 Å². The summed E-state index contributed by atoms with van der Waals surface area (Å²) in [6, 6.07) is 14.7. The first-order chi connectivity index (χ1) is 10.1. The zero-order chi connectivity index (χ0) is 15.2. The van der Waals surface area contributed by atoms with Gasteiger partial charge in [0.2, 0.25) is 0 Å². The first-order valence-electron chi connectivity index (χ1n) is 6.57. The van der Waals surface area contributed by atoms with Gasteiger partial charge in [0.1, 0.15) is 5.75 Å². The van der Waals surface area contributed by atoms with Crippen molar-refractivity contribution in [1.29, 1.82) is 0 Å². The van der Waals surface area contributed by atoms with Crippen LogP contribution < -0.4 is 10.1 Å². The minimum absolute atomic E-state index is 0.182. The SMILES string of the molecule is CC[C@H](Oc1ccccc1Cl)C(=O)Nc1ccc(I)cc1. The summed E-state index contributed by atoms with van der Waals surface area (Å²) in [5.74, 6) is 0.336. The van der Waals surface area contributed by atoms with Crippen molar-refractivity contribution >= 4 is 45.8 Å². The van der Waals surface area contributed by atoms with E-state index in [0.29, 0.717) is 17.2 Å². The summed E-state index contributed by atoms with van der Waals surface area (Å²) in [5.41, 5.74) is 0.752. The highest BCUT2D eigenvalue weighted by Crippen LogP contribution is 2.25. The summed E-state index contributed by atoms with van der Waals surface area (Å²) in [6.07, 6.45) is -0.0225. The number of hydrogen-bond donors (Lipinski definition) is 1. The van der Waals surface area contributed by atoms with Gasteiger partial charge in [0.15, 0.2) is 6.10 Å². The summed E-state index contributed by atoms with van der Waals surface area (Å²) in [5, 5.41) is 3.35. The number of benzene rings is 2. The Kier molecular flexibility index (Phi) is 5.87. The fourth-order valence-corrected chi connectivity index (χ4v) is 2.31. The number of carbonyl (C=O) groups is 1. The van der Waals surface area contributed by atoms with Crippen LogP contribution in [0.1, 0.15) is 13.3 Å². The van der Waals surface area contributed by atoms with Gasteiger partial charge in [-0.3, -0.25) is 4.79 Å². The quantitative estimate of drug-likeness (QED) is 0.716. The third-order valence-electron chi connectivity index (χ3n) is 2.88. The predicted molar refractivity (Wildman–Crippen MR) is 93.9 cm³/mol. The smallest absolute Gasteiger partial charge is 0.265 e. The fraction of sp³-hybridized carbons (Fsp3) is 0.188. The second kappa shape index (κ2) is 7.66. The number of amides is 1. The third-order valence-corrected chi connectivity index (χ3v) is 3.91. The Morgan fingerprint density at radius 2 is 1.90 bits per heavy atom. The number of nitrogens with one attached hydrogen (secondary N) is 1. The van der Waals surface area contributed by atoms with E-state index in [1.54, 1.807) is 12.1 Å². The molecule has 1 amide bonds. The molecule has 2 aromatic rings. The zero-order valence-corrected chi connectivity index (χ0v) is 14.4. The van der Waals surface area contributed by atoms with Gasteiger partial charge in [-0.05, 0) is 65.4 Å². The van der Waals surface area contributed by atoms with E-state index in [0.717, 1.165) is 9.26 Å². The van der Waals surface area contributed by atoms with Gasteiger partial charge >= 0.3 is 0 Å². The van der Waals surface area contributed by atoms with Crippen molar-refractivity contribution in [3.63, 3.8) is 0 Å². The van der Waals surface area contributed by atoms with Crippen LogP contribution in [-0.2, 0) is 4.79 Å². The number of halogens is 2. The van der Waals surface area contributed by atoms with Crippen molar-refractivity contribution in [1.82, 2.24) is 0 Å². The largest absolute Gasteiger partial charge is 0.479 e. The van der Waals surface area contributed by atoms with E-state index >= 15 is 0 Å². The van der Waals surface area contributed by atoms with Gasteiger partial charge < -0.3 is 10.1 Å². The molecule has 0 fully saturated rings. The molecule has 21 heavy (non-hydrogen) atoms. The van der Waals surface area contributed by atoms with Crippen LogP contribution in [-0.4, -0.2) is 12.0 Å². The van der Waals surface area contributed by atoms with Gasteiger partial charge in [0.05, 0.1) is 5.02 Å². The Morgan fingerprint density at radius 3 is 2.52 bits per heavy atom. The standard InChI is InChI=1S/C16H15ClINO2/c1-2-14(21-15-6-4-3-5-13(15)17)16(20)19-12-9-7-11(18)8-10-12/h3-10,14H,2H2,1H3,(H,19,20)/t14-/m0/s1.